The van der Waals surface area contributed by atoms with Gasteiger partial charge in [0.1, 0.15) is 17.0 Å². The second-order valence-corrected chi connectivity index (χ2v) is 7.25. The average Bonchev–Trinajstić information content (AvgIpc) is 3.22. The van der Waals surface area contributed by atoms with Crippen molar-refractivity contribution < 1.29 is 9.47 Å². The van der Waals surface area contributed by atoms with Crippen LogP contribution < -0.4 is 20.9 Å². The number of fused-ring (bicyclic) bond motifs is 1. The molecular weight excluding hydrogens is 362 g/mol. The van der Waals surface area contributed by atoms with Crippen molar-refractivity contribution in [2.75, 3.05) is 12.4 Å². The Balaban J connectivity index is 1.77. The number of methoxy groups -OCH3 is 1. The molecule has 9 nitrogen and oxygen atoms in total. The van der Waals surface area contributed by atoms with Gasteiger partial charge in [0.15, 0.2) is 17.6 Å². The summed E-state index contributed by atoms with van der Waals surface area (Å²) in [6.45, 7) is 7.85. The Hall–Kier alpha value is -2.81. The van der Waals surface area contributed by atoms with Crippen LogP contribution >= 0.6 is 0 Å². The van der Waals surface area contributed by atoms with Gasteiger partial charge in [-0.3, -0.25) is 14.2 Å². The summed E-state index contributed by atoms with van der Waals surface area (Å²) in [7, 11) is 1.38. The van der Waals surface area contributed by atoms with E-state index in [-0.39, 0.29) is 29.5 Å². The minimum atomic E-state index is -0.604. The third-order valence-corrected chi connectivity index (χ3v) is 5.54. The largest absolute Gasteiger partial charge is 0.491 e. The second-order valence-electron chi connectivity index (χ2n) is 7.25. The Morgan fingerprint density at radius 1 is 1.25 bits per heavy atom. The number of hydrogen-bond acceptors (Lipinski definition) is 8. The van der Waals surface area contributed by atoms with Crippen molar-refractivity contribution in [1.82, 2.24) is 19.5 Å². The lowest BCUT2D eigenvalue weighted by Crippen LogP contribution is -2.41. The van der Waals surface area contributed by atoms with E-state index >= 15 is 0 Å². The molecule has 28 heavy (non-hydrogen) atoms. The van der Waals surface area contributed by atoms with Crippen LogP contribution in [0.1, 0.15) is 38.0 Å². The molecule has 2 aromatic heterocycles. The highest BCUT2D eigenvalue weighted by molar-refractivity contribution is 5.73. The van der Waals surface area contributed by atoms with Gasteiger partial charge in [0.05, 0.1) is 31.3 Å². The summed E-state index contributed by atoms with van der Waals surface area (Å²) in [4.78, 5) is 37.1. The van der Waals surface area contributed by atoms with Gasteiger partial charge >= 0.3 is 0 Å². The molecule has 0 bridgehead atoms. The van der Waals surface area contributed by atoms with Crippen molar-refractivity contribution in [3.63, 3.8) is 0 Å². The van der Waals surface area contributed by atoms with E-state index in [4.69, 9.17) is 9.47 Å². The van der Waals surface area contributed by atoms with Gasteiger partial charge in [0.2, 0.25) is 0 Å². The normalized spacial score (nSPS) is 24.9. The number of hydrogen-bond donors (Lipinski definition) is 1. The smallest absolute Gasteiger partial charge is 0.271 e. The fourth-order valence-electron chi connectivity index (χ4n) is 4.03. The highest BCUT2D eigenvalue weighted by Crippen LogP contribution is 2.39. The maximum Gasteiger partial charge on any atom is 0.271 e. The lowest BCUT2D eigenvalue weighted by Gasteiger charge is -2.25. The number of anilines is 1. The van der Waals surface area contributed by atoms with Gasteiger partial charge in [-0.25, -0.2) is 15.0 Å². The number of nitrogens with one attached hydrogen (secondary N) is 1. The topological polar surface area (TPSA) is 108 Å². The van der Waals surface area contributed by atoms with Crippen LogP contribution in [0.5, 0.6) is 5.75 Å². The zero-order valence-corrected chi connectivity index (χ0v) is 16.5. The lowest BCUT2D eigenvalue weighted by atomic mass is 9.95. The van der Waals surface area contributed by atoms with Gasteiger partial charge < -0.3 is 14.8 Å². The van der Waals surface area contributed by atoms with E-state index in [1.807, 2.05) is 18.4 Å². The predicted molar refractivity (Wildman–Crippen MR) is 103 cm³/mol. The summed E-state index contributed by atoms with van der Waals surface area (Å²) in [6, 6.07) is -0.255. The molecular formula is C19H23N5O4. The van der Waals surface area contributed by atoms with Crippen LogP contribution in [-0.2, 0) is 4.74 Å². The number of ether oxygens (including phenoxy) is 2. The predicted octanol–water partition coefficient (Wildman–Crippen LogP) is 1.47. The van der Waals surface area contributed by atoms with E-state index < -0.39 is 17.1 Å². The zero-order valence-electron chi connectivity index (χ0n) is 16.5. The molecule has 4 rings (SSSR count). The zero-order chi connectivity index (χ0) is 20.2. The summed E-state index contributed by atoms with van der Waals surface area (Å²) >= 11 is 0. The van der Waals surface area contributed by atoms with E-state index in [1.165, 1.54) is 7.11 Å². The van der Waals surface area contributed by atoms with Gasteiger partial charge in [-0.05, 0) is 20.3 Å². The van der Waals surface area contributed by atoms with Crippen LogP contribution in [0.15, 0.2) is 15.9 Å². The molecule has 1 aromatic carbocycles. The summed E-state index contributed by atoms with van der Waals surface area (Å²) in [5.41, 5.74) is 1.24. The summed E-state index contributed by atoms with van der Waals surface area (Å²) in [6.07, 6.45) is 2.06. The molecule has 0 saturated carbocycles. The van der Waals surface area contributed by atoms with Crippen LogP contribution in [0.3, 0.4) is 0 Å². The van der Waals surface area contributed by atoms with E-state index in [0.717, 1.165) is 12.1 Å². The van der Waals surface area contributed by atoms with Crippen LogP contribution in [0.4, 0.5) is 5.69 Å². The molecule has 1 fully saturated rings. The molecule has 4 atom stereocenters. The maximum atomic E-state index is 12.0. The van der Waals surface area contributed by atoms with Crippen molar-refractivity contribution in [3.05, 3.63) is 38.3 Å². The molecule has 3 aromatic rings. The molecule has 1 aliphatic rings. The molecule has 1 unspecified atom stereocenters. The van der Waals surface area contributed by atoms with Crippen LogP contribution in [0.2, 0.25) is 0 Å². The number of rotatable bonds is 5. The van der Waals surface area contributed by atoms with Crippen molar-refractivity contribution in [2.24, 2.45) is 5.92 Å². The molecule has 9 heteroatoms. The third-order valence-electron chi connectivity index (χ3n) is 5.54. The highest BCUT2D eigenvalue weighted by atomic mass is 16.5. The average molecular weight is 385 g/mol. The minimum Gasteiger partial charge on any atom is -0.491 e. The van der Waals surface area contributed by atoms with Crippen molar-refractivity contribution in [3.8, 4) is 5.75 Å². The molecule has 3 heterocycles. The SMILES string of the molecule is CC[C@H]1O[C@@H](n2cnc3c(C)nc(C)nc32)[C@@H](Nc2c(OC)c(=O)c2=O)C1C. The molecule has 0 amide bonds. The molecule has 0 spiro atoms. The number of imidazole rings is 1. The molecule has 148 valence electrons. The van der Waals surface area contributed by atoms with Crippen LogP contribution in [0.25, 0.3) is 11.2 Å². The van der Waals surface area contributed by atoms with Crippen molar-refractivity contribution >= 4 is 16.9 Å². The fourth-order valence-corrected chi connectivity index (χ4v) is 4.03. The Morgan fingerprint density at radius 3 is 2.68 bits per heavy atom. The lowest BCUT2D eigenvalue weighted by molar-refractivity contribution is -0.00506. The van der Waals surface area contributed by atoms with E-state index in [0.29, 0.717) is 17.0 Å². The quantitative estimate of drug-likeness (QED) is 0.658. The number of aromatic nitrogens is 4. The van der Waals surface area contributed by atoms with Gasteiger partial charge in [-0.1, -0.05) is 13.8 Å². The third kappa shape index (κ3) is 2.61. The molecule has 0 radical (unpaired) electrons. The van der Waals surface area contributed by atoms with Crippen molar-refractivity contribution in [1.29, 1.82) is 0 Å². The van der Waals surface area contributed by atoms with Crippen LogP contribution in [-0.4, -0.2) is 38.8 Å². The molecule has 1 aliphatic heterocycles. The maximum absolute atomic E-state index is 12.0. The highest BCUT2D eigenvalue weighted by Gasteiger charge is 2.44. The molecule has 1 saturated heterocycles. The van der Waals surface area contributed by atoms with E-state index in [9.17, 15) is 9.59 Å². The van der Waals surface area contributed by atoms with Gasteiger partial charge in [-0.2, -0.15) is 0 Å². The van der Waals surface area contributed by atoms with E-state index in [2.05, 4.69) is 34.1 Å². The van der Waals surface area contributed by atoms with Gasteiger partial charge in [-0.15, -0.1) is 0 Å². The standard InChI is InChI=1S/C19H23N5O4/c1-6-11-8(2)12(23-14-15(25)16(26)17(14)27-5)19(28-11)24-7-20-13-9(3)21-10(4)22-18(13)24/h7-8,11-12,19,23H,6H2,1-5H3/t8?,11-,12+,19-/m1/s1. The van der Waals surface area contributed by atoms with E-state index in [1.54, 1.807) is 6.33 Å². The first-order chi connectivity index (χ1) is 13.4. The Kier molecular flexibility index (Phi) is 4.41. The molecule has 1 N–H and O–H groups in total. The Bertz CT molecular complexity index is 1110. The monoisotopic (exact) mass is 385 g/mol. The molecule has 0 aliphatic carbocycles. The van der Waals surface area contributed by atoms with Crippen molar-refractivity contribution in [2.45, 2.75) is 52.5 Å². The first-order valence-electron chi connectivity index (χ1n) is 9.34. The first kappa shape index (κ1) is 18.5. The first-order valence-corrected chi connectivity index (χ1v) is 9.34. The summed E-state index contributed by atoms with van der Waals surface area (Å²) in [5.74, 6) is 0.810. The number of aryl methyl sites for hydroxylation is 2. The second kappa shape index (κ2) is 6.66. The van der Waals surface area contributed by atoms with Crippen LogP contribution in [0, 0.1) is 19.8 Å². The Labute approximate surface area is 161 Å². The fraction of sp³-hybridized carbons (Fsp3) is 0.526. The Morgan fingerprint density at radius 2 is 2.00 bits per heavy atom. The number of nitrogens with zero attached hydrogens (tertiary/aromatic N) is 4. The van der Waals surface area contributed by atoms with Gasteiger partial charge in [0, 0.05) is 5.92 Å². The van der Waals surface area contributed by atoms with Gasteiger partial charge in [0.25, 0.3) is 10.9 Å². The summed E-state index contributed by atoms with van der Waals surface area (Å²) in [5, 5.41) is 3.21. The summed E-state index contributed by atoms with van der Waals surface area (Å²) < 4.78 is 13.3. The minimum absolute atomic E-state index is 0.0125.